The van der Waals surface area contributed by atoms with Crippen molar-refractivity contribution in [3.8, 4) is 5.75 Å². The second-order valence-corrected chi connectivity index (χ2v) is 5.39. The van der Waals surface area contributed by atoms with Gasteiger partial charge in [-0.05, 0) is 56.2 Å². The van der Waals surface area contributed by atoms with Gasteiger partial charge in [0.15, 0.2) is 6.61 Å². The van der Waals surface area contributed by atoms with Crippen molar-refractivity contribution in [2.24, 2.45) is 0 Å². The lowest BCUT2D eigenvalue weighted by atomic mass is 10.0. The Bertz CT molecular complexity index is 653. The third-order valence-electron chi connectivity index (χ3n) is 3.45. The molecule has 0 heterocycles. The van der Waals surface area contributed by atoms with Crippen molar-refractivity contribution in [3.05, 3.63) is 65.0 Å². The van der Waals surface area contributed by atoms with Gasteiger partial charge >= 0.3 is 0 Å². The zero-order valence-electron chi connectivity index (χ0n) is 13.0. The summed E-state index contributed by atoms with van der Waals surface area (Å²) < 4.78 is 18.1. The lowest BCUT2D eigenvalue weighted by Gasteiger charge is -2.17. The Morgan fingerprint density at radius 2 is 1.86 bits per heavy atom. The van der Waals surface area contributed by atoms with Crippen LogP contribution in [0.4, 0.5) is 4.39 Å². The Labute approximate surface area is 130 Å². The largest absolute Gasteiger partial charge is 0.484 e. The van der Waals surface area contributed by atoms with E-state index in [2.05, 4.69) is 11.4 Å². The molecule has 4 heteroatoms. The summed E-state index contributed by atoms with van der Waals surface area (Å²) in [5.41, 5.74) is 3.42. The SMILES string of the molecule is Cc1ccc([C@H](C)NC(=O)COc2ccc(F)cc2)c(C)c1. The van der Waals surface area contributed by atoms with Gasteiger partial charge in [-0.15, -0.1) is 0 Å². The van der Waals surface area contributed by atoms with E-state index in [9.17, 15) is 9.18 Å². The summed E-state index contributed by atoms with van der Waals surface area (Å²) in [6.07, 6.45) is 0. The van der Waals surface area contributed by atoms with Gasteiger partial charge < -0.3 is 10.1 Å². The van der Waals surface area contributed by atoms with Crippen LogP contribution in [0.2, 0.25) is 0 Å². The lowest BCUT2D eigenvalue weighted by Crippen LogP contribution is -2.31. The van der Waals surface area contributed by atoms with Crippen molar-refractivity contribution >= 4 is 5.91 Å². The molecular weight excluding hydrogens is 281 g/mol. The summed E-state index contributed by atoms with van der Waals surface area (Å²) >= 11 is 0. The first kappa shape index (κ1) is 16.0. The highest BCUT2D eigenvalue weighted by molar-refractivity contribution is 5.78. The molecule has 0 aliphatic rings. The standard InChI is InChI=1S/C18H20FNO2/c1-12-4-9-17(13(2)10-12)14(3)20-18(21)11-22-16-7-5-15(19)6-8-16/h4-10,14H,11H2,1-3H3,(H,20,21)/t14-/m0/s1. The van der Waals surface area contributed by atoms with Crippen LogP contribution >= 0.6 is 0 Å². The molecule has 0 saturated carbocycles. The van der Waals surface area contributed by atoms with Gasteiger partial charge in [-0.25, -0.2) is 4.39 Å². The van der Waals surface area contributed by atoms with Crippen molar-refractivity contribution in [1.29, 1.82) is 0 Å². The fraction of sp³-hybridized carbons (Fsp3) is 0.278. The predicted octanol–water partition coefficient (Wildman–Crippen LogP) is 3.70. The van der Waals surface area contributed by atoms with Crippen molar-refractivity contribution in [3.63, 3.8) is 0 Å². The minimum atomic E-state index is -0.333. The Balaban J connectivity index is 1.89. The summed E-state index contributed by atoms with van der Waals surface area (Å²) in [6, 6.07) is 11.6. The van der Waals surface area contributed by atoms with E-state index in [0.29, 0.717) is 5.75 Å². The van der Waals surface area contributed by atoms with Gasteiger partial charge in [0.2, 0.25) is 0 Å². The molecule has 0 unspecified atom stereocenters. The second-order valence-electron chi connectivity index (χ2n) is 5.39. The first-order valence-electron chi connectivity index (χ1n) is 7.20. The van der Waals surface area contributed by atoms with Gasteiger partial charge in [-0.3, -0.25) is 4.79 Å². The molecule has 0 fully saturated rings. The van der Waals surface area contributed by atoms with Gasteiger partial charge in [0.25, 0.3) is 5.91 Å². The predicted molar refractivity (Wildman–Crippen MR) is 84.4 cm³/mol. The summed E-state index contributed by atoms with van der Waals surface area (Å²) in [7, 11) is 0. The van der Waals surface area contributed by atoms with Crippen LogP contribution < -0.4 is 10.1 Å². The van der Waals surface area contributed by atoms with Crippen LogP contribution in [0, 0.1) is 19.7 Å². The summed E-state index contributed by atoms with van der Waals surface area (Å²) in [4.78, 5) is 11.9. The lowest BCUT2D eigenvalue weighted by molar-refractivity contribution is -0.123. The molecule has 0 aliphatic carbocycles. The molecule has 3 nitrogen and oxygen atoms in total. The molecule has 0 aliphatic heterocycles. The molecule has 1 atom stereocenters. The molecule has 0 spiro atoms. The molecule has 2 aromatic rings. The number of aryl methyl sites for hydroxylation is 2. The number of carbonyl (C=O) groups is 1. The number of halogens is 1. The maximum atomic E-state index is 12.8. The number of nitrogens with one attached hydrogen (secondary N) is 1. The number of benzene rings is 2. The first-order valence-corrected chi connectivity index (χ1v) is 7.20. The van der Waals surface area contributed by atoms with Crippen LogP contribution in [0.5, 0.6) is 5.75 Å². The Morgan fingerprint density at radius 1 is 1.18 bits per heavy atom. The molecule has 116 valence electrons. The molecule has 1 amide bonds. The van der Waals surface area contributed by atoms with E-state index in [0.717, 1.165) is 11.1 Å². The second kappa shape index (κ2) is 7.07. The third kappa shape index (κ3) is 4.32. The zero-order valence-corrected chi connectivity index (χ0v) is 13.0. The van der Waals surface area contributed by atoms with E-state index >= 15 is 0 Å². The fourth-order valence-corrected chi connectivity index (χ4v) is 2.35. The van der Waals surface area contributed by atoms with E-state index in [1.807, 2.05) is 32.9 Å². The number of ether oxygens (including phenoxy) is 1. The van der Waals surface area contributed by atoms with Crippen molar-refractivity contribution < 1.29 is 13.9 Å². The van der Waals surface area contributed by atoms with E-state index in [-0.39, 0.29) is 24.4 Å². The minimum Gasteiger partial charge on any atom is -0.484 e. The molecular formula is C18H20FNO2. The van der Waals surface area contributed by atoms with Gasteiger partial charge in [0.1, 0.15) is 11.6 Å². The van der Waals surface area contributed by atoms with Gasteiger partial charge in [-0.1, -0.05) is 23.8 Å². The van der Waals surface area contributed by atoms with Crippen molar-refractivity contribution in [2.45, 2.75) is 26.8 Å². The average molecular weight is 301 g/mol. The Kier molecular flexibility index (Phi) is 5.15. The third-order valence-corrected chi connectivity index (χ3v) is 3.45. The van der Waals surface area contributed by atoms with Crippen LogP contribution in [0.1, 0.15) is 29.7 Å². The monoisotopic (exact) mass is 301 g/mol. The van der Waals surface area contributed by atoms with E-state index in [1.165, 1.54) is 29.8 Å². The summed E-state index contributed by atoms with van der Waals surface area (Å²) in [6.45, 7) is 5.91. The smallest absolute Gasteiger partial charge is 0.258 e. The van der Waals surface area contributed by atoms with Gasteiger partial charge in [-0.2, -0.15) is 0 Å². The van der Waals surface area contributed by atoms with Crippen LogP contribution in [-0.4, -0.2) is 12.5 Å². The van der Waals surface area contributed by atoms with Crippen LogP contribution in [0.3, 0.4) is 0 Å². The summed E-state index contributed by atoms with van der Waals surface area (Å²) in [5.74, 6) is -0.0761. The zero-order chi connectivity index (χ0) is 16.1. The van der Waals surface area contributed by atoms with Crippen LogP contribution in [0.15, 0.2) is 42.5 Å². The maximum absolute atomic E-state index is 12.8. The van der Waals surface area contributed by atoms with Crippen LogP contribution in [-0.2, 0) is 4.79 Å². The van der Waals surface area contributed by atoms with Crippen molar-refractivity contribution in [2.75, 3.05) is 6.61 Å². The molecule has 22 heavy (non-hydrogen) atoms. The van der Waals surface area contributed by atoms with Crippen molar-refractivity contribution in [1.82, 2.24) is 5.32 Å². The van der Waals surface area contributed by atoms with E-state index < -0.39 is 0 Å². The molecule has 0 radical (unpaired) electrons. The maximum Gasteiger partial charge on any atom is 0.258 e. The molecule has 0 aromatic heterocycles. The number of carbonyl (C=O) groups excluding carboxylic acids is 1. The first-order chi connectivity index (χ1) is 10.5. The quantitative estimate of drug-likeness (QED) is 0.914. The average Bonchev–Trinajstić information content (AvgIpc) is 2.46. The normalized spacial score (nSPS) is 11.8. The molecule has 2 rings (SSSR count). The molecule has 0 bridgehead atoms. The highest BCUT2D eigenvalue weighted by Crippen LogP contribution is 2.18. The van der Waals surface area contributed by atoms with E-state index in [4.69, 9.17) is 4.74 Å². The molecule has 1 N–H and O–H groups in total. The number of hydrogen-bond donors (Lipinski definition) is 1. The molecule has 0 saturated heterocycles. The minimum absolute atomic E-state index is 0.0927. The Hall–Kier alpha value is -2.36. The molecule has 2 aromatic carbocycles. The topological polar surface area (TPSA) is 38.3 Å². The van der Waals surface area contributed by atoms with Crippen LogP contribution in [0.25, 0.3) is 0 Å². The van der Waals surface area contributed by atoms with Gasteiger partial charge in [0, 0.05) is 0 Å². The van der Waals surface area contributed by atoms with Gasteiger partial charge in [0.05, 0.1) is 6.04 Å². The summed E-state index contributed by atoms with van der Waals surface area (Å²) in [5, 5.41) is 2.90. The number of amides is 1. The fourth-order valence-electron chi connectivity index (χ4n) is 2.35. The number of hydrogen-bond acceptors (Lipinski definition) is 2. The highest BCUT2D eigenvalue weighted by atomic mass is 19.1. The number of rotatable bonds is 5. The Morgan fingerprint density at radius 3 is 2.50 bits per heavy atom. The highest BCUT2D eigenvalue weighted by Gasteiger charge is 2.12. The van der Waals surface area contributed by atoms with E-state index in [1.54, 1.807) is 0 Å².